The van der Waals surface area contributed by atoms with Crippen molar-refractivity contribution in [3.8, 4) is 0 Å². The molecule has 0 spiro atoms. The number of carbonyl (C=O) groups excluding carboxylic acids is 1. The topological polar surface area (TPSA) is 75.6 Å². The Hall–Kier alpha value is -1.10. The highest BCUT2D eigenvalue weighted by Gasteiger charge is 2.51. The van der Waals surface area contributed by atoms with Crippen LogP contribution in [0.4, 0.5) is 0 Å². The van der Waals surface area contributed by atoms with Crippen molar-refractivity contribution < 1.29 is 19.4 Å². The Morgan fingerprint density at radius 1 is 1.35 bits per heavy atom. The number of amides is 1. The van der Waals surface area contributed by atoms with Crippen LogP contribution in [0.15, 0.2) is 0 Å². The molecule has 0 radical (unpaired) electrons. The van der Waals surface area contributed by atoms with Crippen LogP contribution in [0.25, 0.3) is 0 Å². The van der Waals surface area contributed by atoms with Crippen molar-refractivity contribution in [3.63, 3.8) is 0 Å². The Balaban J connectivity index is 2.95. The molecule has 1 saturated heterocycles. The number of nitrogens with one attached hydrogen (secondary N) is 1. The number of hydrogen-bond donors (Lipinski definition) is 2. The monoisotopic (exact) mass is 243 g/mol. The van der Waals surface area contributed by atoms with E-state index in [-0.39, 0.29) is 17.4 Å². The van der Waals surface area contributed by atoms with Crippen LogP contribution in [0.2, 0.25) is 0 Å². The quantitative estimate of drug-likeness (QED) is 0.780. The SMILES string of the molecule is CC(=O)NC(C(=O)O)C1CC(C)(C)OC1(C)C. The summed E-state index contributed by atoms with van der Waals surface area (Å²) in [6.45, 7) is 8.92. The van der Waals surface area contributed by atoms with E-state index in [0.717, 1.165) is 0 Å². The van der Waals surface area contributed by atoms with Crippen LogP contribution in [0, 0.1) is 5.92 Å². The lowest BCUT2D eigenvalue weighted by atomic mass is 9.81. The van der Waals surface area contributed by atoms with E-state index < -0.39 is 17.6 Å². The lowest BCUT2D eigenvalue weighted by Gasteiger charge is -2.31. The summed E-state index contributed by atoms with van der Waals surface area (Å²) in [5.74, 6) is -1.59. The maximum absolute atomic E-state index is 11.3. The molecule has 0 bridgehead atoms. The van der Waals surface area contributed by atoms with Gasteiger partial charge in [0, 0.05) is 12.8 Å². The van der Waals surface area contributed by atoms with Gasteiger partial charge in [0.1, 0.15) is 6.04 Å². The van der Waals surface area contributed by atoms with Gasteiger partial charge in [-0.25, -0.2) is 4.79 Å². The van der Waals surface area contributed by atoms with Gasteiger partial charge in [-0.05, 0) is 34.1 Å². The zero-order valence-corrected chi connectivity index (χ0v) is 11.0. The number of ether oxygens (including phenoxy) is 1. The summed E-state index contributed by atoms with van der Waals surface area (Å²) >= 11 is 0. The minimum atomic E-state index is -1.01. The molecule has 2 unspecified atom stereocenters. The second kappa shape index (κ2) is 4.29. The normalized spacial score (nSPS) is 27.5. The molecular weight excluding hydrogens is 222 g/mol. The van der Waals surface area contributed by atoms with E-state index >= 15 is 0 Å². The fourth-order valence-corrected chi connectivity index (χ4v) is 2.68. The molecule has 5 heteroatoms. The second-order valence-corrected chi connectivity index (χ2v) is 5.79. The standard InChI is InChI=1S/C12H21NO4/c1-7(14)13-9(10(15)16)8-6-11(2,3)17-12(8,4)5/h8-9H,6H2,1-5H3,(H,13,14)(H,15,16). The van der Waals surface area contributed by atoms with Crippen LogP contribution < -0.4 is 5.32 Å². The fourth-order valence-electron chi connectivity index (χ4n) is 2.68. The minimum absolute atomic E-state index is 0.237. The number of rotatable bonds is 3. The largest absolute Gasteiger partial charge is 0.480 e. The zero-order valence-electron chi connectivity index (χ0n) is 11.0. The molecule has 0 aromatic carbocycles. The summed E-state index contributed by atoms with van der Waals surface area (Å²) in [6, 6.07) is -0.899. The van der Waals surface area contributed by atoms with E-state index in [9.17, 15) is 14.7 Å². The Morgan fingerprint density at radius 2 is 1.88 bits per heavy atom. The van der Waals surface area contributed by atoms with Crippen molar-refractivity contribution in [2.24, 2.45) is 5.92 Å². The van der Waals surface area contributed by atoms with Crippen molar-refractivity contribution >= 4 is 11.9 Å². The van der Waals surface area contributed by atoms with E-state index in [4.69, 9.17) is 4.74 Å². The van der Waals surface area contributed by atoms with Crippen LogP contribution in [-0.2, 0) is 14.3 Å². The van der Waals surface area contributed by atoms with Gasteiger partial charge in [0.05, 0.1) is 11.2 Å². The maximum Gasteiger partial charge on any atom is 0.326 e. The predicted molar refractivity (Wildman–Crippen MR) is 62.6 cm³/mol. The third-order valence-corrected chi connectivity index (χ3v) is 3.17. The van der Waals surface area contributed by atoms with Gasteiger partial charge in [0.2, 0.25) is 5.91 Å². The lowest BCUT2D eigenvalue weighted by molar-refractivity contribution is -0.146. The van der Waals surface area contributed by atoms with Crippen molar-refractivity contribution in [3.05, 3.63) is 0 Å². The van der Waals surface area contributed by atoms with Crippen LogP contribution in [0.5, 0.6) is 0 Å². The third-order valence-electron chi connectivity index (χ3n) is 3.17. The summed E-state index contributed by atoms with van der Waals surface area (Å²) in [4.78, 5) is 22.3. The highest BCUT2D eigenvalue weighted by atomic mass is 16.5. The van der Waals surface area contributed by atoms with Crippen molar-refractivity contribution in [1.29, 1.82) is 0 Å². The van der Waals surface area contributed by atoms with Gasteiger partial charge >= 0.3 is 5.97 Å². The fraction of sp³-hybridized carbons (Fsp3) is 0.833. The van der Waals surface area contributed by atoms with Gasteiger partial charge < -0.3 is 15.2 Å². The molecule has 2 N–H and O–H groups in total. The molecule has 0 aliphatic carbocycles. The lowest BCUT2D eigenvalue weighted by Crippen LogP contribution is -2.50. The van der Waals surface area contributed by atoms with Crippen LogP contribution in [0.3, 0.4) is 0 Å². The molecule has 1 aliphatic rings. The number of hydrogen-bond acceptors (Lipinski definition) is 3. The molecule has 1 heterocycles. The molecule has 1 fully saturated rings. The first-order valence-corrected chi connectivity index (χ1v) is 5.75. The van der Waals surface area contributed by atoms with Gasteiger partial charge in [-0.2, -0.15) is 0 Å². The summed E-state index contributed by atoms with van der Waals surface area (Å²) in [7, 11) is 0. The van der Waals surface area contributed by atoms with E-state index in [1.807, 2.05) is 27.7 Å². The van der Waals surface area contributed by atoms with Crippen molar-refractivity contribution in [2.45, 2.75) is 58.3 Å². The van der Waals surface area contributed by atoms with E-state index in [1.165, 1.54) is 6.92 Å². The van der Waals surface area contributed by atoms with E-state index in [1.54, 1.807) is 0 Å². The summed E-state index contributed by atoms with van der Waals surface area (Å²) in [5, 5.41) is 11.7. The zero-order chi connectivity index (χ0) is 13.4. The van der Waals surface area contributed by atoms with Gasteiger partial charge in [-0.3, -0.25) is 4.79 Å². The molecule has 0 saturated carbocycles. The Bertz CT molecular complexity index is 335. The van der Waals surface area contributed by atoms with E-state index in [0.29, 0.717) is 6.42 Å². The molecule has 0 aromatic rings. The molecule has 1 aliphatic heterocycles. The maximum atomic E-state index is 11.3. The summed E-state index contributed by atoms with van der Waals surface area (Å²) < 4.78 is 5.85. The van der Waals surface area contributed by atoms with Crippen LogP contribution >= 0.6 is 0 Å². The Labute approximate surface area is 102 Å². The number of carbonyl (C=O) groups is 2. The molecule has 1 amide bonds. The average molecular weight is 243 g/mol. The minimum Gasteiger partial charge on any atom is -0.480 e. The van der Waals surface area contributed by atoms with E-state index in [2.05, 4.69) is 5.32 Å². The number of aliphatic carboxylic acids is 1. The molecule has 0 aromatic heterocycles. The van der Waals surface area contributed by atoms with Gasteiger partial charge in [0.25, 0.3) is 0 Å². The van der Waals surface area contributed by atoms with Crippen LogP contribution in [-0.4, -0.2) is 34.2 Å². The van der Waals surface area contributed by atoms with Gasteiger partial charge in [-0.1, -0.05) is 0 Å². The first-order valence-electron chi connectivity index (χ1n) is 5.75. The smallest absolute Gasteiger partial charge is 0.326 e. The second-order valence-electron chi connectivity index (χ2n) is 5.79. The van der Waals surface area contributed by atoms with Gasteiger partial charge in [-0.15, -0.1) is 0 Å². The summed E-state index contributed by atoms with van der Waals surface area (Å²) in [5.41, 5.74) is -0.921. The average Bonchev–Trinajstić information content (AvgIpc) is 2.29. The van der Waals surface area contributed by atoms with Crippen molar-refractivity contribution in [2.75, 3.05) is 0 Å². The predicted octanol–water partition coefficient (Wildman–Crippen LogP) is 1.17. The van der Waals surface area contributed by atoms with Crippen molar-refractivity contribution in [1.82, 2.24) is 5.32 Å². The van der Waals surface area contributed by atoms with Crippen LogP contribution in [0.1, 0.15) is 41.0 Å². The molecule has 1 rings (SSSR count). The first-order chi connectivity index (χ1) is 7.55. The highest BCUT2D eigenvalue weighted by Crippen LogP contribution is 2.43. The molecule has 17 heavy (non-hydrogen) atoms. The summed E-state index contributed by atoms with van der Waals surface area (Å²) in [6.07, 6.45) is 0.608. The van der Waals surface area contributed by atoms with Gasteiger partial charge in [0.15, 0.2) is 0 Å². The molecule has 5 nitrogen and oxygen atoms in total. The Morgan fingerprint density at radius 3 is 2.18 bits per heavy atom. The molecular formula is C12H21NO4. The Kier molecular flexibility index (Phi) is 3.52. The highest BCUT2D eigenvalue weighted by molar-refractivity contribution is 5.82. The molecule has 98 valence electrons. The number of carboxylic acids is 1. The number of carboxylic acid groups (broad SMARTS) is 1. The third kappa shape index (κ3) is 3.19. The first kappa shape index (κ1) is 14.0. The molecule has 2 atom stereocenters.